The maximum Gasteiger partial charge on any atom is 0.237 e. The molecule has 0 saturated heterocycles. The Morgan fingerprint density at radius 1 is 1.04 bits per heavy atom. The minimum Gasteiger partial charge on any atom is -0.326 e. The lowest BCUT2D eigenvalue weighted by atomic mass is 9.88. The molecule has 1 aliphatic carbocycles. The van der Waals surface area contributed by atoms with Gasteiger partial charge in [-0.25, -0.2) is 4.39 Å². The zero-order chi connectivity index (χ0) is 19.9. The van der Waals surface area contributed by atoms with E-state index in [2.05, 4.69) is 10.6 Å². The third kappa shape index (κ3) is 5.58. The predicted molar refractivity (Wildman–Crippen MR) is 112 cm³/mol. The van der Waals surface area contributed by atoms with Crippen LogP contribution in [0, 0.1) is 11.7 Å². The molecule has 148 valence electrons. The maximum atomic E-state index is 13.7. The Labute approximate surface area is 169 Å². The van der Waals surface area contributed by atoms with Gasteiger partial charge in [-0.2, -0.15) is 0 Å². The topological polar surface area (TPSA) is 58.2 Å². The number of nitrogens with one attached hydrogen (secondary N) is 2. The Balaban J connectivity index is 1.58. The first-order valence-electron chi connectivity index (χ1n) is 9.66. The SMILES string of the molecule is CC(Sc1cccc(NC(=O)C2CCCCC2)c1)C(=O)Nc1ccccc1F. The molecule has 1 aliphatic rings. The van der Waals surface area contributed by atoms with E-state index in [1.807, 2.05) is 24.3 Å². The van der Waals surface area contributed by atoms with Crippen LogP contribution < -0.4 is 10.6 Å². The van der Waals surface area contributed by atoms with Gasteiger partial charge in [0.25, 0.3) is 0 Å². The van der Waals surface area contributed by atoms with Crippen molar-refractivity contribution < 1.29 is 14.0 Å². The summed E-state index contributed by atoms with van der Waals surface area (Å²) in [4.78, 5) is 25.7. The van der Waals surface area contributed by atoms with E-state index in [9.17, 15) is 14.0 Å². The van der Waals surface area contributed by atoms with Crippen LogP contribution in [0.4, 0.5) is 15.8 Å². The van der Waals surface area contributed by atoms with Crippen molar-refractivity contribution in [2.75, 3.05) is 10.6 Å². The van der Waals surface area contributed by atoms with Gasteiger partial charge >= 0.3 is 0 Å². The van der Waals surface area contributed by atoms with Gasteiger partial charge in [-0.15, -0.1) is 11.8 Å². The number of thioether (sulfide) groups is 1. The van der Waals surface area contributed by atoms with Crippen LogP contribution in [-0.2, 0) is 9.59 Å². The third-order valence-corrected chi connectivity index (χ3v) is 5.99. The third-order valence-electron chi connectivity index (χ3n) is 4.89. The van der Waals surface area contributed by atoms with E-state index in [1.165, 1.54) is 30.3 Å². The summed E-state index contributed by atoms with van der Waals surface area (Å²) in [5, 5.41) is 5.20. The summed E-state index contributed by atoms with van der Waals surface area (Å²) in [7, 11) is 0. The van der Waals surface area contributed by atoms with Crippen LogP contribution in [0.15, 0.2) is 53.4 Å². The van der Waals surface area contributed by atoms with E-state index >= 15 is 0 Å². The van der Waals surface area contributed by atoms with Gasteiger partial charge in [0.1, 0.15) is 5.82 Å². The van der Waals surface area contributed by atoms with E-state index in [0.29, 0.717) is 0 Å². The van der Waals surface area contributed by atoms with Gasteiger partial charge < -0.3 is 10.6 Å². The monoisotopic (exact) mass is 400 g/mol. The number of para-hydroxylation sites is 1. The van der Waals surface area contributed by atoms with Gasteiger partial charge in [0, 0.05) is 16.5 Å². The van der Waals surface area contributed by atoms with Gasteiger partial charge in [0.15, 0.2) is 0 Å². The van der Waals surface area contributed by atoms with Crippen molar-refractivity contribution in [1.29, 1.82) is 0 Å². The minimum atomic E-state index is -0.458. The lowest BCUT2D eigenvalue weighted by molar-refractivity contribution is -0.120. The van der Waals surface area contributed by atoms with Gasteiger partial charge in [-0.05, 0) is 50.1 Å². The molecule has 0 aromatic heterocycles. The lowest BCUT2D eigenvalue weighted by Gasteiger charge is -2.21. The number of anilines is 2. The normalized spacial score (nSPS) is 15.6. The highest BCUT2D eigenvalue weighted by Gasteiger charge is 2.21. The minimum absolute atomic E-state index is 0.0761. The molecule has 1 fully saturated rings. The average Bonchev–Trinajstić information content (AvgIpc) is 2.70. The fraction of sp³-hybridized carbons (Fsp3) is 0.364. The average molecular weight is 401 g/mol. The fourth-order valence-corrected chi connectivity index (χ4v) is 4.24. The number of rotatable bonds is 6. The smallest absolute Gasteiger partial charge is 0.237 e. The van der Waals surface area contributed by atoms with Crippen molar-refractivity contribution in [3.05, 3.63) is 54.3 Å². The highest BCUT2D eigenvalue weighted by Crippen LogP contribution is 2.28. The standard InChI is InChI=1S/C22H25FN2O2S/c1-15(21(26)25-20-13-6-5-12-19(20)23)28-18-11-7-10-17(14-18)24-22(27)16-8-3-2-4-9-16/h5-7,10-16H,2-4,8-9H2,1H3,(H,24,27)(H,25,26). The van der Waals surface area contributed by atoms with E-state index in [1.54, 1.807) is 19.1 Å². The van der Waals surface area contributed by atoms with E-state index in [4.69, 9.17) is 0 Å². The number of benzene rings is 2. The number of hydrogen-bond donors (Lipinski definition) is 2. The van der Waals surface area contributed by atoms with Crippen LogP contribution in [0.5, 0.6) is 0 Å². The molecule has 28 heavy (non-hydrogen) atoms. The van der Waals surface area contributed by atoms with Gasteiger partial charge in [-0.3, -0.25) is 9.59 Å². The number of carbonyl (C=O) groups is 2. The van der Waals surface area contributed by atoms with Crippen molar-refractivity contribution >= 4 is 35.0 Å². The zero-order valence-electron chi connectivity index (χ0n) is 15.9. The Morgan fingerprint density at radius 2 is 1.79 bits per heavy atom. The Morgan fingerprint density at radius 3 is 2.54 bits per heavy atom. The van der Waals surface area contributed by atoms with E-state index in [-0.39, 0.29) is 23.4 Å². The largest absolute Gasteiger partial charge is 0.326 e. The second-order valence-corrected chi connectivity index (χ2v) is 8.50. The summed E-state index contributed by atoms with van der Waals surface area (Å²) in [5.74, 6) is -0.560. The van der Waals surface area contributed by atoms with Crippen molar-refractivity contribution in [3.63, 3.8) is 0 Å². The molecule has 3 rings (SSSR count). The van der Waals surface area contributed by atoms with Gasteiger partial charge in [-0.1, -0.05) is 37.5 Å². The summed E-state index contributed by atoms with van der Waals surface area (Å²) in [6.07, 6.45) is 5.34. The molecular formula is C22H25FN2O2S. The lowest BCUT2D eigenvalue weighted by Crippen LogP contribution is -2.24. The second kappa shape index (κ2) is 9.73. The van der Waals surface area contributed by atoms with Crippen LogP contribution >= 0.6 is 11.8 Å². The molecule has 0 aliphatic heterocycles. The predicted octanol–water partition coefficient (Wildman–Crippen LogP) is 5.46. The number of hydrogen-bond acceptors (Lipinski definition) is 3. The summed E-state index contributed by atoms with van der Waals surface area (Å²) >= 11 is 1.37. The molecule has 2 aromatic carbocycles. The van der Waals surface area contributed by atoms with Crippen molar-refractivity contribution in [1.82, 2.24) is 0 Å². The van der Waals surface area contributed by atoms with Crippen molar-refractivity contribution in [2.24, 2.45) is 5.92 Å². The summed E-state index contributed by atoms with van der Waals surface area (Å²) < 4.78 is 13.7. The molecule has 0 bridgehead atoms. The van der Waals surface area contributed by atoms with Crippen LogP contribution in [0.3, 0.4) is 0 Å². The fourth-order valence-electron chi connectivity index (χ4n) is 3.31. The molecule has 0 heterocycles. The molecule has 1 unspecified atom stereocenters. The summed E-state index contributed by atoms with van der Waals surface area (Å²) in [6.45, 7) is 1.77. The quantitative estimate of drug-likeness (QED) is 0.633. The second-order valence-electron chi connectivity index (χ2n) is 7.08. The molecule has 0 radical (unpaired) electrons. The molecular weight excluding hydrogens is 375 g/mol. The summed E-state index contributed by atoms with van der Waals surface area (Å²) in [5.41, 5.74) is 0.913. The zero-order valence-corrected chi connectivity index (χ0v) is 16.7. The van der Waals surface area contributed by atoms with E-state index < -0.39 is 11.1 Å². The van der Waals surface area contributed by atoms with Crippen LogP contribution in [0.1, 0.15) is 39.0 Å². The molecule has 0 spiro atoms. The molecule has 2 N–H and O–H groups in total. The van der Waals surface area contributed by atoms with Gasteiger partial charge in [0.05, 0.1) is 10.9 Å². The van der Waals surface area contributed by atoms with Gasteiger partial charge in [0.2, 0.25) is 11.8 Å². The molecule has 2 amide bonds. The number of amides is 2. The van der Waals surface area contributed by atoms with E-state index in [0.717, 1.165) is 36.3 Å². The van der Waals surface area contributed by atoms with Crippen LogP contribution in [-0.4, -0.2) is 17.1 Å². The Bertz CT molecular complexity index is 837. The first-order chi connectivity index (χ1) is 13.5. The molecule has 1 saturated carbocycles. The van der Waals surface area contributed by atoms with Crippen molar-refractivity contribution in [3.8, 4) is 0 Å². The molecule has 1 atom stereocenters. The highest BCUT2D eigenvalue weighted by atomic mass is 32.2. The van der Waals surface area contributed by atoms with Crippen LogP contribution in [0.25, 0.3) is 0 Å². The highest BCUT2D eigenvalue weighted by molar-refractivity contribution is 8.00. The summed E-state index contributed by atoms with van der Waals surface area (Å²) in [6, 6.07) is 13.6. The number of carbonyl (C=O) groups excluding carboxylic acids is 2. The first-order valence-corrected chi connectivity index (χ1v) is 10.5. The molecule has 6 heteroatoms. The van der Waals surface area contributed by atoms with Crippen molar-refractivity contribution in [2.45, 2.75) is 49.2 Å². The Hall–Kier alpha value is -2.34. The molecule has 2 aromatic rings. The number of halogens is 1. The first kappa shape index (κ1) is 20.4. The Kier molecular flexibility index (Phi) is 7.09. The maximum absolute atomic E-state index is 13.7. The van der Waals surface area contributed by atoms with Crippen LogP contribution in [0.2, 0.25) is 0 Å². The molecule has 4 nitrogen and oxygen atoms in total.